The molecule has 0 spiro atoms. The first kappa shape index (κ1) is 20.5. The van der Waals surface area contributed by atoms with Gasteiger partial charge >= 0.3 is 0 Å². The van der Waals surface area contributed by atoms with E-state index in [4.69, 9.17) is 4.74 Å². The van der Waals surface area contributed by atoms with Gasteiger partial charge in [0.15, 0.2) is 0 Å². The van der Waals surface area contributed by atoms with Gasteiger partial charge in [-0.15, -0.1) is 0 Å². The molecule has 0 aromatic heterocycles. The number of phenolic OH excluding ortho intramolecular Hbond substituents is 1. The van der Waals surface area contributed by atoms with Gasteiger partial charge in [0, 0.05) is 43.5 Å². The molecule has 1 aliphatic carbocycles. The SMILES string of the molecule is C=C1Oc2cc(CCCCC)c(CN(C)C(C)=O)c(O)c2C2C=C(C)CCC12. The number of fused-ring (bicyclic) bond motifs is 3. The van der Waals surface area contributed by atoms with E-state index in [9.17, 15) is 9.90 Å². The van der Waals surface area contributed by atoms with E-state index >= 15 is 0 Å². The fraction of sp³-hybridized carbons (Fsp3) is 0.542. The first-order valence-corrected chi connectivity index (χ1v) is 10.5. The first-order valence-electron chi connectivity index (χ1n) is 10.5. The highest BCUT2D eigenvalue weighted by molar-refractivity contribution is 5.73. The first-order chi connectivity index (χ1) is 13.3. The molecule has 0 bridgehead atoms. The molecule has 4 heteroatoms. The predicted molar refractivity (Wildman–Crippen MR) is 112 cm³/mol. The lowest BCUT2D eigenvalue weighted by atomic mass is 9.73. The highest BCUT2D eigenvalue weighted by Crippen LogP contribution is 2.52. The fourth-order valence-electron chi connectivity index (χ4n) is 4.41. The largest absolute Gasteiger partial charge is 0.507 e. The van der Waals surface area contributed by atoms with E-state index in [2.05, 4.69) is 32.6 Å². The topological polar surface area (TPSA) is 49.8 Å². The molecule has 1 aromatic rings. The summed E-state index contributed by atoms with van der Waals surface area (Å²) in [6.45, 7) is 10.5. The monoisotopic (exact) mass is 383 g/mol. The molecule has 1 N–H and O–H groups in total. The Morgan fingerprint density at radius 1 is 1.39 bits per heavy atom. The lowest BCUT2D eigenvalue weighted by Gasteiger charge is -2.38. The number of hydrogen-bond acceptors (Lipinski definition) is 3. The molecular formula is C24H33NO3. The average molecular weight is 384 g/mol. The number of nitrogens with zero attached hydrogens (tertiary/aromatic N) is 1. The van der Waals surface area contributed by atoms with Gasteiger partial charge in [-0.2, -0.15) is 0 Å². The zero-order chi connectivity index (χ0) is 20.4. The van der Waals surface area contributed by atoms with Gasteiger partial charge in [0.05, 0.1) is 0 Å². The molecule has 0 radical (unpaired) electrons. The highest BCUT2D eigenvalue weighted by atomic mass is 16.5. The number of ether oxygens (including phenoxy) is 1. The van der Waals surface area contributed by atoms with Crippen molar-refractivity contribution in [2.45, 2.75) is 71.8 Å². The summed E-state index contributed by atoms with van der Waals surface area (Å²) < 4.78 is 6.11. The van der Waals surface area contributed by atoms with E-state index in [0.717, 1.165) is 66.7 Å². The van der Waals surface area contributed by atoms with Crippen LogP contribution in [0.15, 0.2) is 30.1 Å². The lowest BCUT2D eigenvalue weighted by Crippen LogP contribution is -2.27. The number of unbranched alkanes of at least 4 members (excludes halogenated alkanes) is 2. The molecule has 4 nitrogen and oxygen atoms in total. The van der Waals surface area contributed by atoms with Crippen LogP contribution < -0.4 is 4.74 Å². The van der Waals surface area contributed by atoms with Gasteiger partial charge in [-0.05, 0) is 44.2 Å². The Kier molecular flexibility index (Phi) is 6.17. The van der Waals surface area contributed by atoms with Crippen LogP contribution in [0.25, 0.3) is 0 Å². The van der Waals surface area contributed by atoms with Crippen molar-refractivity contribution in [1.29, 1.82) is 0 Å². The fourth-order valence-corrected chi connectivity index (χ4v) is 4.41. The number of allylic oxidation sites excluding steroid dienone is 3. The van der Waals surface area contributed by atoms with Gasteiger partial charge < -0.3 is 14.7 Å². The average Bonchev–Trinajstić information content (AvgIpc) is 2.64. The third-order valence-corrected chi connectivity index (χ3v) is 6.22. The van der Waals surface area contributed by atoms with Crippen LogP contribution in [-0.4, -0.2) is 23.0 Å². The number of aryl methyl sites for hydroxylation is 1. The molecule has 152 valence electrons. The minimum absolute atomic E-state index is 0.00691. The summed E-state index contributed by atoms with van der Waals surface area (Å²) in [5, 5.41) is 11.3. The Labute approximate surface area is 168 Å². The number of carbonyl (C=O) groups excluding carboxylic acids is 1. The second-order valence-corrected chi connectivity index (χ2v) is 8.36. The van der Waals surface area contributed by atoms with Crippen molar-refractivity contribution in [2.75, 3.05) is 7.05 Å². The van der Waals surface area contributed by atoms with Crippen LogP contribution in [0.3, 0.4) is 0 Å². The molecule has 28 heavy (non-hydrogen) atoms. The van der Waals surface area contributed by atoms with Gasteiger partial charge in [0.25, 0.3) is 0 Å². The maximum Gasteiger partial charge on any atom is 0.219 e. The Bertz CT molecular complexity index is 809. The van der Waals surface area contributed by atoms with Crippen molar-refractivity contribution < 1.29 is 14.6 Å². The van der Waals surface area contributed by atoms with Crippen LogP contribution in [0.5, 0.6) is 11.5 Å². The summed E-state index contributed by atoms with van der Waals surface area (Å²) in [6, 6.07) is 2.08. The van der Waals surface area contributed by atoms with E-state index in [-0.39, 0.29) is 17.7 Å². The smallest absolute Gasteiger partial charge is 0.219 e. The Balaban J connectivity index is 2.10. The second-order valence-electron chi connectivity index (χ2n) is 8.36. The predicted octanol–water partition coefficient (Wildman–Crippen LogP) is 5.45. The van der Waals surface area contributed by atoms with Crippen molar-refractivity contribution in [3.05, 3.63) is 46.7 Å². The van der Waals surface area contributed by atoms with Crippen LogP contribution in [0.4, 0.5) is 0 Å². The normalized spacial score (nSPS) is 20.7. The molecule has 1 aromatic carbocycles. The van der Waals surface area contributed by atoms with Gasteiger partial charge in [0.2, 0.25) is 5.91 Å². The molecule has 2 unspecified atom stereocenters. The van der Waals surface area contributed by atoms with E-state index in [1.165, 1.54) is 5.57 Å². The third-order valence-electron chi connectivity index (χ3n) is 6.22. The number of benzene rings is 1. The number of hydrogen-bond donors (Lipinski definition) is 1. The van der Waals surface area contributed by atoms with Crippen LogP contribution in [0.1, 0.15) is 75.5 Å². The molecule has 3 rings (SSSR count). The van der Waals surface area contributed by atoms with Crippen molar-refractivity contribution in [1.82, 2.24) is 4.90 Å². The minimum atomic E-state index is -0.00691. The van der Waals surface area contributed by atoms with Gasteiger partial charge in [0.1, 0.15) is 17.3 Å². The number of aromatic hydroxyl groups is 1. The lowest BCUT2D eigenvalue weighted by molar-refractivity contribution is -0.128. The Morgan fingerprint density at radius 3 is 2.82 bits per heavy atom. The summed E-state index contributed by atoms with van der Waals surface area (Å²) in [7, 11) is 1.78. The number of amides is 1. The van der Waals surface area contributed by atoms with E-state index < -0.39 is 0 Å². The molecule has 1 heterocycles. The molecule has 1 aliphatic heterocycles. The van der Waals surface area contributed by atoms with Crippen molar-refractivity contribution in [2.24, 2.45) is 5.92 Å². The Hall–Kier alpha value is -2.23. The molecular weight excluding hydrogens is 350 g/mol. The molecule has 0 saturated carbocycles. The number of phenols is 1. The van der Waals surface area contributed by atoms with Crippen molar-refractivity contribution in [3.8, 4) is 11.5 Å². The van der Waals surface area contributed by atoms with Crippen LogP contribution in [0.2, 0.25) is 0 Å². The zero-order valence-electron chi connectivity index (χ0n) is 17.7. The van der Waals surface area contributed by atoms with Gasteiger partial charge in [-0.25, -0.2) is 0 Å². The van der Waals surface area contributed by atoms with E-state index in [0.29, 0.717) is 12.3 Å². The van der Waals surface area contributed by atoms with Crippen LogP contribution >= 0.6 is 0 Å². The minimum Gasteiger partial charge on any atom is -0.507 e. The quantitative estimate of drug-likeness (QED) is 0.525. The van der Waals surface area contributed by atoms with E-state index in [1.54, 1.807) is 18.9 Å². The van der Waals surface area contributed by atoms with Crippen molar-refractivity contribution >= 4 is 5.91 Å². The Morgan fingerprint density at radius 2 is 2.14 bits per heavy atom. The number of carbonyl (C=O) groups is 1. The third kappa shape index (κ3) is 3.96. The summed E-state index contributed by atoms with van der Waals surface area (Å²) in [5.74, 6) is 2.12. The molecule has 2 aliphatic rings. The zero-order valence-corrected chi connectivity index (χ0v) is 17.7. The summed E-state index contributed by atoms with van der Waals surface area (Å²) in [6.07, 6.45) is 8.49. The molecule has 2 atom stereocenters. The maximum atomic E-state index is 11.8. The van der Waals surface area contributed by atoms with Crippen LogP contribution in [0, 0.1) is 5.92 Å². The molecule has 0 saturated heterocycles. The van der Waals surface area contributed by atoms with Gasteiger partial charge in [-0.3, -0.25) is 4.79 Å². The summed E-state index contributed by atoms with van der Waals surface area (Å²) in [5.41, 5.74) is 4.14. The van der Waals surface area contributed by atoms with Gasteiger partial charge in [-0.1, -0.05) is 38.0 Å². The van der Waals surface area contributed by atoms with Crippen LogP contribution in [-0.2, 0) is 17.8 Å². The highest BCUT2D eigenvalue weighted by Gasteiger charge is 2.38. The van der Waals surface area contributed by atoms with E-state index in [1.807, 2.05) is 0 Å². The maximum absolute atomic E-state index is 11.8. The van der Waals surface area contributed by atoms with Crippen molar-refractivity contribution in [3.63, 3.8) is 0 Å². The standard InChI is InChI=1S/C24H33NO3/c1-6-7-8-9-18-13-22-23(24(27)21(18)14-25(5)17(4)26)20-12-15(2)10-11-19(20)16(3)28-22/h12-13,19-20,27H,3,6-11,14H2,1-2,4-5H3. The molecule has 1 amide bonds. The number of rotatable bonds is 6. The molecule has 0 fully saturated rings. The summed E-state index contributed by atoms with van der Waals surface area (Å²) >= 11 is 0. The second kappa shape index (κ2) is 8.42. The summed E-state index contributed by atoms with van der Waals surface area (Å²) in [4.78, 5) is 13.5.